The van der Waals surface area contributed by atoms with Crippen LogP contribution in [0.2, 0.25) is 0 Å². The molecule has 0 heterocycles. The Morgan fingerprint density at radius 2 is 1.33 bits per heavy atom. The molecular formula is C15H11BrO2. The SMILES string of the molecule is O=C(O)c1ccc(C=Cc2ccc(Br)cc2)cc1. The van der Waals surface area contributed by atoms with E-state index in [1.54, 1.807) is 24.3 Å². The van der Waals surface area contributed by atoms with Gasteiger partial charge in [-0.3, -0.25) is 0 Å². The zero-order valence-corrected chi connectivity index (χ0v) is 11.1. The van der Waals surface area contributed by atoms with E-state index in [2.05, 4.69) is 15.9 Å². The topological polar surface area (TPSA) is 37.3 Å². The summed E-state index contributed by atoms with van der Waals surface area (Å²) in [7, 11) is 0. The monoisotopic (exact) mass is 302 g/mol. The lowest BCUT2D eigenvalue weighted by molar-refractivity contribution is 0.0697. The van der Waals surface area contributed by atoms with Gasteiger partial charge >= 0.3 is 5.97 Å². The van der Waals surface area contributed by atoms with Crippen LogP contribution in [0, 0.1) is 0 Å². The fourth-order valence-corrected chi connectivity index (χ4v) is 1.77. The van der Waals surface area contributed by atoms with Gasteiger partial charge in [0.25, 0.3) is 0 Å². The molecule has 0 unspecified atom stereocenters. The maximum Gasteiger partial charge on any atom is 0.335 e. The highest BCUT2D eigenvalue weighted by molar-refractivity contribution is 9.10. The van der Waals surface area contributed by atoms with Gasteiger partial charge in [0.2, 0.25) is 0 Å². The summed E-state index contributed by atoms with van der Waals surface area (Å²) in [4.78, 5) is 10.7. The minimum atomic E-state index is -0.904. The number of carbonyl (C=O) groups is 1. The highest BCUT2D eigenvalue weighted by Gasteiger charge is 1.99. The third-order valence-corrected chi connectivity index (χ3v) is 3.02. The van der Waals surface area contributed by atoms with Crippen LogP contribution >= 0.6 is 15.9 Å². The van der Waals surface area contributed by atoms with Gasteiger partial charge in [0, 0.05) is 4.47 Å². The van der Waals surface area contributed by atoms with Gasteiger partial charge in [-0.25, -0.2) is 4.79 Å². The summed E-state index contributed by atoms with van der Waals surface area (Å²) in [5, 5.41) is 8.79. The van der Waals surface area contributed by atoms with E-state index < -0.39 is 5.97 Å². The Morgan fingerprint density at radius 3 is 1.78 bits per heavy atom. The van der Waals surface area contributed by atoms with Crippen LogP contribution in [-0.2, 0) is 0 Å². The van der Waals surface area contributed by atoms with Crippen LogP contribution in [-0.4, -0.2) is 11.1 Å². The molecule has 0 radical (unpaired) electrons. The largest absolute Gasteiger partial charge is 0.478 e. The molecule has 2 aromatic carbocycles. The molecule has 2 aromatic rings. The molecule has 0 aliphatic carbocycles. The van der Waals surface area contributed by atoms with E-state index in [9.17, 15) is 4.79 Å². The molecule has 0 fully saturated rings. The predicted octanol–water partition coefficient (Wildman–Crippen LogP) is 4.32. The Morgan fingerprint density at radius 1 is 0.889 bits per heavy atom. The average Bonchev–Trinajstić information content (AvgIpc) is 2.38. The van der Waals surface area contributed by atoms with Crippen LogP contribution in [0.1, 0.15) is 21.5 Å². The summed E-state index contributed by atoms with van der Waals surface area (Å²) < 4.78 is 1.05. The molecule has 2 rings (SSSR count). The summed E-state index contributed by atoms with van der Waals surface area (Å²) in [6, 6.07) is 14.8. The van der Waals surface area contributed by atoms with Crippen molar-refractivity contribution in [1.82, 2.24) is 0 Å². The molecule has 0 aliphatic heterocycles. The lowest BCUT2D eigenvalue weighted by Crippen LogP contribution is -1.94. The molecular weight excluding hydrogens is 292 g/mol. The minimum absolute atomic E-state index is 0.302. The predicted molar refractivity (Wildman–Crippen MR) is 76.5 cm³/mol. The first-order valence-electron chi connectivity index (χ1n) is 5.42. The third-order valence-electron chi connectivity index (χ3n) is 2.50. The van der Waals surface area contributed by atoms with Crippen LogP contribution in [0.5, 0.6) is 0 Å². The third kappa shape index (κ3) is 3.31. The molecule has 1 N–H and O–H groups in total. The minimum Gasteiger partial charge on any atom is -0.478 e. The molecule has 0 saturated heterocycles. The van der Waals surface area contributed by atoms with Crippen molar-refractivity contribution in [3.05, 3.63) is 69.7 Å². The fraction of sp³-hybridized carbons (Fsp3) is 0. The highest BCUT2D eigenvalue weighted by Crippen LogP contribution is 2.13. The first kappa shape index (κ1) is 12.6. The van der Waals surface area contributed by atoms with E-state index in [-0.39, 0.29) is 0 Å². The number of aromatic carboxylic acids is 1. The number of rotatable bonds is 3. The molecule has 0 spiro atoms. The van der Waals surface area contributed by atoms with Gasteiger partial charge in [-0.2, -0.15) is 0 Å². The maximum atomic E-state index is 10.7. The van der Waals surface area contributed by atoms with Crippen LogP contribution < -0.4 is 0 Å². The number of halogens is 1. The molecule has 0 amide bonds. The van der Waals surface area contributed by atoms with Crippen LogP contribution in [0.4, 0.5) is 0 Å². The van der Waals surface area contributed by atoms with Gasteiger partial charge in [0.1, 0.15) is 0 Å². The zero-order valence-electron chi connectivity index (χ0n) is 9.51. The van der Waals surface area contributed by atoms with Gasteiger partial charge in [-0.15, -0.1) is 0 Å². The number of carboxylic acids is 1. The lowest BCUT2D eigenvalue weighted by atomic mass is 10.1. The lowest BCUT2D eigenvalue weighted by Gasteiger charge is -1.97. The second kappa shape index (κ2) is 5.65. The van der Waals surface area contributed by atoms with Crippen molar-refractivity contribution in [3.8, 4) is 0 Å². The van der Waals surface area contributed by atoms with E-state index in [4.69, 9.17) is 5.11 Å². The normalized spacial score (nSPS) is 10.7. The van der Waals surface area contributed by atoms with E-state index in [0.29, 0.717) is 5.56 Å². The standard InChI is InChI=1S/C15H11BrO2/c16-14-9-5-12(6-10-14)2-1-11-3-7-13(8-4-11)15(17)18/h1-10H,(H,17,18). The second-order valence-electron chi connectivity index (χ2n) is 3.81. The average molecular weight is 303 g/mol. The van der Waals surface area contributed by atoms with Gasteiger partial charge in [-0.1, -0.05) is 52.3 Å². The van der Waals surface area contributed by atoms with Gasteiger partial charge in [0.05, 0.1) is 5.56 Å². The number of hydrogen-bond donors (Lipinski definition) is 1. The van der Waals surface area contributed by atoms with E-state index in [0.717, 1.165) is 15.6 Å². The fourth-order valence-electron chi connectivity index (χ4n) is 1.50. The summed E-state index contributed by atoms with van der Waals surface area (Å²) in [6.07, 6.45) is 3.94. The molecule has 18 heavy (non-hydrogen) atoms. The molecule has 0 bridgehead atoms. The van der Waals surface area contributed by atoms with Gasteiger partial charge in [0.15, 0.2) is 0 Å². The van der Waals surface area contributed by atoms with Crippen LogP contribution in [0.15, 0.2) is 53.0 Å². The Bertz CT molecular complexity index is 568. The molecule has 2 nitrogen and oxygen atoms in total. The number of benzene rings is 2. The molecule has 0 atom stereocenters. The van der Waals surface area contributed by atoms with E-state index >= 15 is 0 Å². The summed E-state index contributed by atoms with van der Waals surface area (Å²) in [6.45, 7) is 0. The molecule has 0 aliphatic rings. The summed E-state index contributed by atoms with van der Waals surface area (Å²) >= 11 is 3.38. The van der Waals surface area contributed by atoms with Crippen molar-refractivity contribution < 1.29 is 9.90 Å². The molecule has 0 aromatic heterocycles. The first-order valence-corrected chi connectivity index (χ1v) is 6.21. The van der Waals surface area contributed by atoms with Crippen molar-refractivity contribution in [2.45, 2.75) is 0 Å². The number of hydrogen-bond acceptors (Lipinski definition) is 1. The highest BCUT2D eigenvalue weighted by atomic mass is 79.9. The van der Waals surface area contributed by atoms with Crippen LogP contribution in [0.25, 0.3) is 12.2 Å². The molecule has 3 heteroatoms. The van der Waals surface area contributed by atoms with Crippen molar-refractivity contribution >= 4 is 34.1 Å². The van der Waals surface area contributed by atoms with E-state index in [1.807, 2.05) is 36.4 Å². The van der Waals surface area contributed by atoms with Crippen LogP contribution in [0.3, 0.4) is 0 Å². The first-order chi connectivity index (χ1) is 8.65. The van der Waals surface area contributed by atoms with Crippen molar-refractivity contribution in [3.63, 3.8) is 0 Å². The van der Waals surface area contributed by atoms with Gasteiger partial charge < -0.3 is 5.11 Å². The Balaban J connectivity index is 2.13. The smallest absolute Gasteiger partial charge is 0.335 e. The maximum absolute atomic E-state index is 10.7. The second-order valence-corrected chi connectivity index (χ2v) is 4.73. The quantitative estimate of drug-likeness (QED) is 0.858. The van der Waals surface area contributed by atoms with Crippen molar-refractivity contribution in [2.75, 3.05) is 0 Å². The molecule has 0 saturated carbocycles. The number of carboxylic acid groups (broad SMARTS) is 1. The van der Waals surface area contributed by atoms with Crippen molar-refractivity contribution in [1.29, 1.82) is 0 Å². The van der Waals surface area contributed by atoms with Gasteiger partial charge in [-0.05, 0) is 35.4 Å². The zero-order chi connectivity index (χ0) is 13.0. The Hall–Kier alpha value is -1.87. The van der Waals surface area contributed by atoms with Crippen molar-refractivity contribution in [2.24, 2.45) is 0 Å². The van der Waals surface area contributed by atoms with E-state index in [1.165, 1.54) is 0 Å². The Labute approximate surface area is 114 Å². The Kier molecular flexibility index (Phi) is 3.95. The molecule has 90 valence electrons. The summed E-state index contributed by atoms with van der Waals surface area (Å²) in [5.74, 6) is -0.904. The summed E-state index contributed by atoms with van der Waals surface area (Å²) in [5.41, 5.74) is 2.37.